The molecule has 0 aromatic heterocycles. The molecular weight excluding hydrogens is 271 g/mol. The second-order valence-corrected chi connectivity index (χ2v) is 5.52. The molecule has 1 aliphatic rings. The van der Waals surface area contributed by atoms with Gasteiger partial charge in [0.25, 0.3) is 0 Å². The van der Waals surface area contributed by atoms with Crippen molar-refractivity contribution in [3.8, 4) is 0 Å². The lowest BCUT2D eigenvalue weighted by atomic mass is 10.1. The molecule has 0 spiro atoms. The number of alkyl halides is 3. The highest BCUT2D eigenvalue weighted by Gasteiger charge is 2.31. The summed E-state index contributed by atoms with van der Waals surface area (Å²) in [5.41, 5.74) is -0.268. The fraction of sp³-hybridized carbons (Fsp3) is 0.455. The van der Waals surface area contributed by atoms with Crippen LogP contribution in [0.15, 0.2) is 18.2 Å². The van der Waals surface area contributed by atoms with Gasteiger partial charge in [-0.15, -0.1) is 0 Å². The summed E-state index contributed by atoms with van der Waals surface area (Å²) in [7, 11) is 0. The molecule has 1 fully saturated rings. The zero-order valence-electron chi connectivity index (χ0n) is 8.85. The highest BCUT2D eigenvalue weighted by Crippen LogP contribution is 2.34. The van der Waals surface area contributed by atoms with Crippen LogP contribution in [0, 0.1) is 0 Å². The highest BCUT2D eigenvalue weighted by atomic mass is 35.5. The van der Waals surface area contributed by atoms with Crippen molar-refractivity contribution in [3.05, 3.63) is 28.8 Å². The molecule has 6 heteroatoms. The number of nitrogens with one attached hydrogen (secondary N) is 1. The molecule has 0 saturated carbocycles. The summed E-state index contributed by atoms with van der Waals surface area (Å²) in [4.78, 5) is 0. The van der Waals surface area contributed by atoms with Gasteiger partial charge < -0.3 is 5.32 Å². The number of hydrogen-bond donors (Lipinski definition) is 1. The number of hydrogen-bond acceptors (Lipinski definition) is 2. The van der Waals surface area contributed by atoms with Crippen LogP contribution < -0.4 is 5.32 Å². The molecule has 1 nitrogen and oxygen atoms in total. The molecule has 0 amide bonds. The van der Waals surface area contributed by atoms with Gasteiger partial charge in [0, 0.05) is 22.5 Å². The standard InChI is InChI=1S/C11H11ClF3NS/c12-8-3-7(11(13,14)15)4-10(5-8)16-9-1-2-17-6-9/h3-5,9,16H,1-2,6H2. The average Bonchev–Trinajstić information content (AvgIpc) is 2.68. The van der Waals surface area contributed by atoms with Crippen molar-refractivity contribution < 1.29 is 13.2 Å². The summed E-state index contributed by atoms with van der Waals surface area (Å²) in [5, 5.41) is 3.19. The molecule has 17 heavy (non-hydrogen) atoms. The first-order chi connectivity index (χ1) is 7.95. The second kappa shape index (κ2) is 4.98. The zero-order chi connectivity index (χ0) is 12.5. The van der Waals surface area contributed by atoms with Crippen LogP contribution in [0.5, 0.6) is 0 Å². The molecule has 0 radical (unpaired) electrons. The van der Waals surface area contributed by atoms with Crippen molar-refractivity contribution in [1.29, 1.82) is 0 Å². The molecule has 1 aromatic carbocycles. The molecule has 1 aliphatic heterocycles. The summed E-state index contributed by atoms with van der Waals surface area (Å²) >= 11 is 7.49. The van der Waals surface area contributed by atoms with Gasteiger partial charge in [-0.1, -0.05) is 11.6 Å². The molecule has 0 aliphatic carbocycles. The molecular formula is C11H11ClF3NS. The van der Waals surface area contributed by atoms with E-state index in [2.05, 4.69) is 5.32 Å². The Kier molecular flexibility index (Phi) is 3.78. The third-order valence-corrected chi connectivity index (χ3v) is 3.91. The largest absolute Gasteiger partial charge is 0.416 e. The minimum Gasteiger partial charge on any atom is -0.381 e. The van der Waals surface area contributed by atoms with E-state index in [-0.39, 0.29) is 11.1 Å². The average molecular weight is 282 g/mol. The maximum absolute atomic E-state index is 12.6. The van der Waals surface area contributed by atoms with Crippen molar-refractivity contribution in [2.24, 2.45) is 0 Å². The molecule has 0 bridgehead atoms. The van der Waals surface area contributed by atoms with Crippen LogP contribution in [0.2, 0.25) is 5.02 Å². The van der Waals surface area contributed by atoms with E-state index in [9.17, 15) is 13.2 Å². The maximum Gasteiger partial charge on any atom is 0.416 e. The third kappa shape index (κ3) is 3.45. The molecule has 1 heterocycles. The van der Waals surface area contributed by atoms with Crippen LogP contribution in [-0.2, 0) is 6.18 Å². The first-order valence-electron chi connectivity index (χ1n) is 5.17. The maximum atomic E-state index is 12.6. The normalized spacial score (nSPS) is 20.6. The topological polar surface area (TPSA) is 12.0 Å². The van der Waals surface area contributed by atoms with Gasteiger partial charge in [0.2, 0.25) is 0 Å². The van der Waals surface area contributed by atoms with E-state index < -0.39 is 11.7 Å². The Hall–Kier alpha value is -0.550. The Bertz CT molecular complexity index is 402. The summed E-state index contributed by atoms with van der Waals surface area (Å²) in [6, 6.07) is 3.81. The minimum atomic E-state index is -4.36. The predicted octanol–water partition coefficient (Wildman–Crippen LogP) is 4.28. The lowest BCUT2D eigenvalue weighted by Crippen LogP contribution is -2.18. The Balaban J connectivity index is 2.19. The first-order valence-corrected chi connectivity index (χ1v) is 6.70. The summed E-state index contributed by atoms with van der Waals surface area (Å²) in [6.45, 7) is 0. The monoisotopic (exact) mass is 281 g/mol. The predicted molar refractivity (Wildman–Crippen MR) is 65.8 cm³/mol. The van der Waals surface area contributed by atoms with Crippen molar-refractivity contribution in [1.82, 2.24) is 0 Å². The van der Waals surface area contributed by atoms with Crippen molar-refractivity contribution >= 4 is 29.1 Å². The van der Waals surface area contributed by atoms with Gasteiger partial charge in [0.05, 0.1) is 5.56 Å². The molecule has 94 valence electrons. The number of rotatable bonds is 2. The lowest BCUT2D eigenvalue weighted by molar-refractivity contribution is -0.137. The fourth-order valence-electron chi connectivity index (χ4n) is 1.72. The van der Waals surface area contributed by atoms with E-state index in [0.29, 0.717) is 5.69 Å². The smallest absolute Gasteiger partial charge is 0.381 e. The van der Waals surface area contributed by atoms with Gasteiger partial charge in [-0.2, -0.15) is 24.9 Å². The molecule has 1 atom stereocenters. The van der Waals surface area contributed by atoms with E-state index >= 15 is 0 Å². The van der Waals surface area contributed by atoms with Gasteiger partial charge in [0.15, 0.2) is 0 Å². The SMILES string of the molecule is FC(F)(F)c1cc(Cl)cc(NC2CCSC2)c1. The Morgan fingerprint density at radius 1 is 1.29 bits per heavy atom. The summed E-state index contributed by atoms with van der Waals surface area (Å²) < 4.78 is 37.7. The minimum absolute atomic E-state index is 0.105. The fourth-order valence-corrected chi connectivity index (χ4v) is 3.11. The molecule has 2 rings (SSSR count). The number of benzene rings is 1. The van der Waals surface area contributed by atoms with Gasteiger partial charge in [-0.05, 0) is 30.4 Å². The number of halogens is 4. The number of anilines is 1. The van der Waals surface area contributed by atoms with Crippen molar-refractivity contribution in [2.75, 3.05) is 16.8 Å². The Morgan fingerprint density at radius 3 is 2.65 bits per heavy atom. The summed E-state index contributed by atoms with van der Waals surface area (Å²) in [5.74, 6) is 1.97. The van der Waals surface area contributed by atoms with Crippen LogP contribution in [0.4, 0.5) is 18.9 Å². The van der Waals surface area contributed by atoms with Crippen LogP contribution in [0.3, 0.4) is 0 Å². The van der Waals surface area contributed by atoms with Crippen LogP contribution >= 0.6 is 23.4 Å². The number of thioether (sulfide) groups is 1. The lowest BCUT2D eigenvalue weighted by Gasteiger charge is -2.15. The van der Waals surface area contributed by atoms with Crippen molar-refractivity contribution in [3.63, 3.8) is 0 Å². The second-order valence-electron chi connectivity index (χ2n) is 3.93. The van der Waals surface area contributed by atoms with Crippen LogP contribution in [0.1, 0.15) is 12.0 Å². The van der Waals surface area contributed by atoms with Gasteiger partial charge in [-0.3, -0.25) is 0 Å². The highest BCUT2D eigenvalue weighted by molar-refractivity contribution is 7.99. The van der Waals surface area contributed by atoms with Gasteiger partial charge in [0.1, 0.15) is 0 Å². The van der Waals surface area contributed by atoms with Gasteiger partial charge in [-0.25, -0.2) is 0 Å². The third-order valence-electron chi connectivity index (χ3n) is 2.53. The van der Waals surface area contributed by atoms with Crippen LogP contribution in [0.25, 0.3) is 0 Å². The van der Waals surface area contributed by atoms with E-state index in [1.54, 1.807) is 11.8 Å². The van der Waals surface area contributed by atoms with E-state index in [4.69, 9.17) is 11.6 Å². The summed E-state index contributed by atoms with van der Waals surface area (Å²) in [6.07, 6.45) is -3.38. The molecule has 1 saturated heterocycles. The Labute approximate surface area is 107 Å². The van der Waals surface area contributed by atoms with E-state index in [0.717, 1.165) is 30.1 Å². The van der Waals surface area contributed by atoms with E-state index in [1.165, 1.54) is 6.07 Å². The quantitative estimate of drug-likeness (QED) is 0.868. The zero-order valence-corrected chi connectivity index (χ0v) is 10.4. The molecule has 1 unspecified atom stereocenters. The van der Waals surface area contributed by atoms with Crippen LogP contribution in [-0.4, -0.2) is 17.5 Å². The molecule has 1 aromatic rings. The van der Waals surface area contributed by atoms with Crippen molar-refractivity contribution in [2.45, 2.75) is 18.6 Å². The first kappa shape index (κ1) is 12.9. The van der Waals surface area contributed by atoms with E-state index in [1.807, 2.05) is 0 Å². The van der Waals surface area contributed by atoms with Gasteiger partial charge >= 0.3 is 6.18 Å². The molecule has 1 N–H and O–H groups in total. The Morgan fingerprint density at radius 2 is 2.06 bits per heavy atom.